The normalized spacial score (nSPS) is 11.7. The van der Waals surface area contributed by atoms with Crippen LogP contribution in [-0.4, -0.2) is 32.2 Å². The number of fused-ring (bicyclic) bond motifs is 18. The molecule has 8 nitrogen and oxygen atoms in total. The predicted octanol–water partition coefficient (Wildman–Crippen LogP) is 21.7. The Morgan fingerprint density at radius 2 is 0.637 bits per heavy atom. The van der Waals surface area contributed by atoms with Crippen LogP contribution in [0.2, 0.25) is 0 Å². The summed E-state index contributed by atoms with van der Waals surface area (Å²) in [5.74, 6) is 0.684. The summed E-state index contributed by atoms with van der Waals surface area (Å²) in [6, 6.07) is 87.0. The van der Waals surface area contributed by atoms with Gasteiger partial charge >= 0.3 is 0 Å². The molecular weight excluding hydrogens is 1130 g/mol. The number of phenolic OH excluding ortho intramolecular Hbond substituents is 1. The van der Waals surface area contributed by atoms with Gasteiger partial charge in [-0.2, -0.15) is 0 Å². The van der Waals surface area contributed by atoms with Crippen molar-refractivity contribution in [3.05, 3.63) is 279 Å². The van der Waals surface area contributed by atoms with Crippen LogP contribution < -0.4 is 4.74 Å². The molecule has 0 radical (unpaired) electrons. The van der Waals surface area contributed by atoms with E-state index in [2.05, 4.69) is 133 Å². The van der Waals surface area contributed by atoms with Gasteiger partial charge in [0.2, 0.25) is 0 Å². The molecule has 0 saturated carbocycles. The number of hydrogen-bond donors (Lipinski definition) is 1. The number of rotatable bonds is 7. The monoisotopic (exact) mass is 1180 g/mol. The zero-order chi connectivity index (χ0) is 60.8. The van der Waals surface area contributed by atoms with Gasteiger partial charge in [-0.3, -0.25) is 0 Å². The van der Waals surface area contributed by atoms with Crippen molar-refractivity contribution >= 4 is 109 Å². The first-order valence-electron chi connectivity index (χ1n) is 29.9. The number of aromatic nitrogens is 4. The third-order valence-electron chi connectivity index (χ3n) is 17.5. The molecule has 430 valence electrons. The van der Waals surface area contributed by atoms with Crippen molar-refractivity contribution in [2.75, 3.05) is 7.11 Å². The van der Waals surface area contributed by atoms with Crippen LogP contribution in [0.5, 0.6) is 11.5 Å². The van der Waals surface area contributed by atoms with Gasteiger partial charge < -0.3 is 18.7 Å². The zero-order valence-electron chi connectivity index (χ0n) is 48.6. The minimum Gasteiger partial charge on any atom is -0.504 e. The molecular formula is C81H48F2N4O4. The molecule has 1 N–H and O–H groups in total. The number of phenols is 1. The van der Waals surface area contributed by atoms with Crippen molar-refractivity contribution in [2.24, 2.45) is 0 Å². The van der Waals surface area contributed by atoms with Crippen molar-refractivity contribution in [3.63, 3.8) is 0 Å². The molecule has 0 aliphatic carbocycles. The molecule has 18 rings (SSSR count). The lowest BCUT2D eigenvalue weighted by Crippen LogP contribution is -1.94. The second-order valence-corrected chi connectivity index (χ2v) is 22.6. The van der Waals surface area contributed by atoms with Gasteiger partial charge in [0.25, 0.3) is 0 Å². The molecule has 91 heavy (non-hydrogen) atoms. The number of nitrogens with zero attached hydrogens (tertiary/aromatic N) is 4. The Bertz CT molecular complexity index is 5940. The summed E-state index contributed by atoms with van der Waals surface area (Å²) in [6.45, 7) is 0. The van der Waals surface area contributed by atoms with Crippen LogP contribution in [-0.2, 0) is 0 Å². The average molecular weight is 1180 g/mol. The van der Waals surface area contributed by atoms with E-state index in [1.165, 1.54) is 55.2 Å². The third-order valence-corrected chi connectivity index (χ3v) is 17.5. The van der Waals surface area contributed by atoms with E-state index in [-0.39, 0.29) is 17.1 Å². The van der Waals surface area contributed by atoms with Gasteiger partial charge in [0, 0.05) is 44.5 Å². The minimum atomic E-state index is -0.424. The van der Waals surface area contributed by atoms with Gasteiger partial charge in [0.05, 0.1) is 17.9 Å². The fourth-order valence-electron chi connectivity index (χ4n) is 13.3. The fourth-order valence-corrected chi connectivity index (χ4v) is 13.3. The maximum atomic E-state index is 14.9. The van der Waals surface area contributed by atoms with Crippen molar-refractivity contribution in [1.29, 1.82) is 0 Å². The SMILES string of the molecule is COc1c(-c2ccccc2F)ccc2c1oc1c(-c3ccccc3)nc(-c3ccc4c5ccccc5c5ccccc5c4c3)nc12.Oc1c(-c2ccccc2F)ccc2c1oc1c(-c3ccccc3)nc(-c3ccc4c5ccccc5c5ccccc5c4c3)nc12. The Kier molecular flexibility index (Phi) is 12.5. The Morgan fingerprint density at radius 3 is 1.07 bits per heavy atom. The summed E-state index contributed by atoms with van der Waals surface area (Å²) in [7, 11) is 1.57. The number of hydrogen-bond acceptors (Lipinski definition) is 8. The molecule has 0 unspecified atom stereocenters. The molecule has 14 aromatic carbocycles. The average Bonchev–Trinajstić information content (AvgIpc) is 1.78. The van der Waals surface area contributed by atoms with Crippen LogP contribution >= 0.6 is 0 Å². The number of halogens is 2. The van der Waals surface area contributed by atoms with E-state index in [0.29, 0.717) is 84.2 Å². The van der Waals surface area contributed by atoms with Crippen LogP contribution in [0.4, 0.5) is 8.78 Å². The molecule has 0 spiro atoms. The summed E-state index contributed by atoms with van der Waals surface area (Å²) in [5, 5.41) is 27.0. The van der Waals surface area contributed by atoms with Crippen molar-refractivity contribution in [1.82, 2.24) is 19.9 Å². The lowest BCUT2D eigenvalue weighted by Gasteiger charge is -2.12. The van der Waals surface area contributed by atoms with Gasteiger partial charge in [-0.25, -0.2) is 28.7 Å². The van der Waals surface area contributed by atoms with Crippen LogP contribution in [0.3, 0.4) is 0 Å². The summed E-state index contributed by atoms with van der Waals surface area (Å²) >= 11 is 0. The van der Waals surface area contributed by atoms with Gasteiger partial charge in [0.15, 0.2) is 45.5 Å². The second kappa shape index (κ2) is 21.3. The molecule has 0 amide bonds. The highest BCUT2D eigenvalue weighted by Crippen LogP contribution is 2.47. The van der Waals surface area contributed by atoms with Crippen molar-refractivity contribution in [2.45, 2.75) is 0 Å². The third kappa shape index (κ3) is 8.63. The summed E-state index contributed by atoms with van der Waals surface area (Å²) in [6.07, 6.45) is 0. The van der Waals surface area contributed by atoms with E-state index in [9.17, 15) is 13.9 Å². The molecule has 0 fully saturated rings. The molecule has 0 bridgehead atoms. The molecule has 4 heterocycles. The van der Waals surface area contributed by atoms with Crippen LogP contribution in [0.1, 0.15) is 0 Å². The molecule has 0 atom stereocenters. The van der Waals surface area contributed by atoms with Gasteiger partial charge in [0.1, 0.15) is 34.1 Å². The first-order chi connectivity index (χ1) is 44.8. The Morgan fingerprint density at radius 1 is 0.297 bits per heavy atom. The second-order valence-electron chi connectivity index (χ2n) is 22.6. The summed E-state index contributed by atoms with van der Waals surface area (Å²) in [5.41, 5.74) is 9.49. The van der Waals surface area contributed by atoms with Crippen LogP contribution in [0.25, 0.3) is 176 Å². The molecule has 0 aliphatic rings. The summed E-state index contributed by atoms with van der Waals surface area (Å²) < 4.78 is 48.4. The lowest BCUT2D eigenvalue weighted by atomic mass is 9.93. The molecule has 10 heteroatoms. The quantitative estimate of drug-likeness (QED) is 0.157. The first kappa shape index (κ1) is 53.1. The summed E-state index contributed by atoms with van der Waals surface area (Å²) in [4.78, 5) is 20.4. The van der Waals surface area contributed by atoms with E-state index in [0.717, 1.165) is 49.2 Å². The Hall–Kier alpha value is -12.1. The Balaban J connectivity index is 0.000000140. The minimum absolute atomic E-state index is 0.139. The van der Waals surface area contributed by atoms with E-state index in [1.54, 1.807) is 43.5 Å². The van der Waals surface area contributed by atoms with E-state index in [4.69, 9.17) is 33.5 Å². The highest BCUT2D eigenvalue weighted by molar-refractivity contribution is 6.27. The van der Waals surface area contributed by atoms with Gasteiger partial charge in [-0.05, 0) is 113 Å². The van der Waals surface area contributed by atoms with Crippen molar-refractivity contribution < 1.29 is 27.5 Å². The van der Waals surface area contributed by atoms with E-state index < -0.39 is 5.82 Å². The smallest absolute Gasteiger partial charge is 0.180 e. The first-order valence-corrected chi connectivity index (χ1v) is 29.9. The molecule has 0 saturated heterocycles. The molecule has 18 aromatic rings. The topological polar surface area (TPSA) is 107 Å². The van der Waals surface area contributed by atoms with Gasteiger partial charge in [-0.1, -0.05) is 218 Å². The number of methoxy groups -OCH3 is 1. The van der Waals surface area contributed by atoms with E-state index >= 15 is 0 Å². The van der Waals surface area contributed by atoms with Gasteiger partial charge in [-0.15, -0.1) is 0 Å². The van der Waals surface area contributed by atoms with E-state index in [1.807, 2.05) is 84.9 Å². The highest BCUT2D eigenvalue weighted by Gasteiger charge is 2.26. The number of benzene rings is 14. The maximum Gasteiger partial charge on any atom is 0.180 e. The standard InChI is InChI=1S/C41H25FN2O2.C40H23FN2O2/c1-45-38-32(31-17-9-10-18-35(31)42)21-22-33-37-40(46-39(33)38)36(24-11-3-2-4-12-24)43-41(44-37)25-19-20-30-28-15-6-5-13-26(28)27-14-7-8-16-29(27)34(30)23-25;41-34-17-9-8-16-30(34)31-20-21-32-36-39(45-38(32)37(31)44)35(23-10-2-1-3-11-23)42-40(43-36)24-18-19-29-27-14-5-4-12-25(27)26-13-6-7-15-28(26)33(29)22-24/h2-23H,1H3;1-22,44H. The number of furan rings is 2. The maximum absolute atomic E-state index is 14.9. The van der Waals surface area contributed by atoms with Crippen molar-refractivity contribution in [3.8, 4) is 79.0 Å². The predicted molar refractivity (Wildman–Crippen MR) is 364 cm³/mol. The largest absolute Gasteiger partial charge is 0.504 e. The van der Waals surface area contributed by atoms with Crippen LogP contribution in [0, 0.1) is 11.6 Å². The number of aromatic hydroxyl groups is 1. The molecule has 4 aromatic heterocycles. The zero-order valence-corrected chi connectivity index (χ0v) is 48.6. The highest BCUT2D eigenvalue weighted by atomic mass is 19.1. The molecule has 0 aliphatic heterocycles. The lowest BCUT2D eigenvalue weighted by molar-refractivity contribution is 0.413. The van der Waals surface area contributed by atoms with Crippen LogP contribution in [0.15, 0.2) is 276 Å². The Labute approximate surface area is 518 Å². The fraction of sp³-hybridized carbons (Fsp3) is 0.0123. The number of ether oxygens (including phenoxy) is 1.